The molecule has 0 radical (unpaired) electrons. The summed E-state index contributed by atoms with van der Waals surface area (Å²) in [5.74, 6) is -1.46. The van der Waals surface area contributed by atoms with Gasteiger partial charge in [0.2, 0.25) is 5.91 Å². The van der Waals surface area contributed by atoms with Crippen LogP contribution in [0.15, 0.2) is 97.1 Å². The lowest BCUT2D eigenvalue weighted by Crippen LogP contribution is -2.50. The number of rotatable bonds is 19. The van der Waals surface area contributed by atoms with Gasteiger partial charge < -0.3 is 43.3 Å². The molecule has 3 fully saturated rings. The van der Waals surface area contributed by atoms with Crippen molar-refractivity contribution in [3.8, 4) is 0 Å². The van der Waals surface area contributed by atoms with Crippen molar-refractivity contribution in [2.24, 2.45) is 5.92 Å². The molecule has 19 heteroatoms. The molecular weight excluding hydrogens is 990 g/mol. The molecule has 12 nitrogen and oxygen atoms in total. The highest BCUT2D eigenvalue weighted by atomic mass is 19.4. The fourth-order valence-corrected chi connectivity index (χ4v) is 11.3. The molecule has 4 aliphatic rings. The van der Waals surface area contributed by atoms with Gasteiger partial charge in [-0.15, -0.1) is 0 Å². The summed E-state index contributed by atoms with van der Waals surface area (Å²) in [6.45, 7) is 3.09. The maximum Gasteiger partial charge on any atom is 0.416 e. The Labute approximate surface area is 433 Å². The van der Waals surface area contributed by atoms with Gasteiger partial charge >= 0.3 is 18.4 Å². The Hall–Kier alpha value is -5.60. The number of ether oxygens (including phenoxy) is 5. The first-order valence-electron chi connectivity index (χ1n) is 25.6. The van der Waals surface area contributed by atoms with Crippen molar-refractivity contribution < 1.29 is 68.8 Å². The number of likely N-dealkylation sites (N-methyl/N-ethyl adjacent to an activating group) is 1. The number of benzene rings is 4. The third kappa shape index (κ3) is 13.5. The molecule has 75 heavy (non-hydrogen) atoms. The summed E-state index contributed by atoms with van der Waals surface area (Å²) in [4.78, 5) is 46.9. The average molecular weight is 1060 g/mol. The van der Waals surface area contributed by atoms with Crippen LogP contribution in [0, 0.1) is 11.7 Å². The zero-order valence-electron chi connectivity index (χ0n) is 42.3. The van der Waals surface area contributed by atoms with Crippen molar-refractivity contribution >= 4 is 17.9 Å². The quantitative estimate of drug-likeness (QED) is 0.0515. The molecule has 1 unspecified atom stereocenters. The first-order valence-corrected chi connectivity index (χ1v) is 25.6. The van der Waals surface area contributed by atoms with Crippen LogP contribution in [0.3, 0.4) is 0 Å². The lowest BCUT2D eigenvalue weighted by Gasteiger charge is -2.44. The van der Waals surface area contributed by atoms with Gasteiger partial charge in [-0.05, 0) is 129 Å². The van der Waals surface area contributed by atoms with Crippen molar-refractivity contribution in [2.75, 3.05) is 80.1 Å². The van der Waals surface area contributed by atoms with E-state index in [2.05, 4.69) is 17.0 Å². The third-order valence-corrected chi connectivity index (χ3v) is 15.6. The summed E-state index contributed by atoms with van der Waals surface area (Å²) in [7, 11) is 3.37. The molecule has 1 aliphatic carbocycles. The maximum absolute atomic E-state index is 14.2. The number of hydrogen-bond acceptors (Lipinski definition) is 9. The van der Waals surface area contributed by atoms with Crippen molar-refractivity contribution in [1.82, 2.24) is 19.6 Å². The minimum Gasteiger partial charge on any atom is -0.445 e. The smallest absolute Gasteiger partial charge is 0.416 e. The molecule has 4 aromatic carbocycles. The van der Waals surface area contributed by atoms with Crippen LogP contribution in [-0.4, -0.2) is 130 Å². The lowest BCUT2D eigenvalue weighted by atomic mass is 9.72. The van der Waals surface area contributed by atoms with Gasteiger partial charge in [-0.2, -0.15) is 26.3 Å². The third-order valence-electron chi connectivity index (χ3n) is 15.6. The van der Waals surface area contributed by atoms with E-state index in [1.54, 1.807) is 24.0 Å². The lowest BCUT2D eigenvalue weighted by molar-refractivity contribution is -0.143. The van der Waals surface area contributed by atoms with E-state index >= 15 is 0 Å². The second kappa shape index (κ2) is 24.2. The van der Waals surface area contributed by atoms with Gasteiger partial charge in [-0.3, -0.25) is 9.59 Å². The molecule has 3 aliphatic heterocycles. The second-order valence-electron chi connectivity index (χ2n) is 20.3. The Kier molecular flexibility index (Phi) is 17.9. The zero-order chi connectivity index (χ0) is 53.4. The normalized spacial score (nSPS) is 20.6. The number of alkyl halides is 6. The summed E-state index contributed by atoms with van der Waals surface area (Å²) < 4.78 is 126. The molecule has 0 bridgehead atoms. The van der Waals surface area contributed by atoms with Gasteiger partial charge in [-0.1, -0.05) is 66.7 Å². The minimum absolute atomic E-state index is 0.0234. The molecule has 3 saturated heterocycles. The fourth-order valence-electron chi connectivity index (χ4n) is 11.3. The van der Waals surface area contributed by atoms with Crippen molar-refractivity contribution in [3.63, 3.8) is 0 Å². The van der Waals surface area contributed by atoms with E-state index in [0.29, 0.717) is 76.2 Å². The number of carbonyl (C=O) groups excluding carboxylic acids is 3. The number of unbranched alkanes of at least 4 members (excludes halogenated alkanes) is 1. The molecule has 8 rings (SSSR count). The van der Waals surface area contributed by atoms with Crippen molar-refractivity contribution in [3.05, 3.63) is 142 Å². The van der Waals surface area contributed by atoms with E-state index in [0.717, 1.165) is 48.1 Å². The highest BCUT2D eigenvalue weighted by molar-refractivity contribution is 5.95. The van der Waals surface area contributed by atoms with Gasteiger partial charge in [-0.25, -0.2) is 9.18 Å². The van der Waals surface area contributed by atoms with Crippen molar-refractivity contribution in [2.45, 2.75) is 100.0 Å². The Morgan fingerprint density at radius 2 is 1.49 bits per heavy atom. The highest BCUT2D eigenvalue weighted by Gasteiger charge is 2.50. The van der Waals surface area contributed by atoms with Crippen LogP contribution >= 0.6 is 0 Å². The Morgan fingerprint density at radius 1 is 0.827 bits per heavy atom. The van der Waals surface area contributed by atoms with Crippen LogP contribution in [0.4, 0.5) is 35.5 Å². The number of piperidine rings is 2. The summed E-state index contributed by atoms with van der Waals surface area (Å²) in [6, 6.07) is 24.1. The number of likely N-dealkylation sites (tertiary alicyclic amines) is 2. The van der Waals surface area contributed by atoms with Gasteiger partial charge in [0.1, 0.15) is 38.2 Å². The maximum atomic E-state index is 14.2. The largest absolute Gasteiger partial charge is 0.445 e. The van der Waals surface area contributed by atoms with Gasteiger partial charge in [0.25, 0.3) is 5.91 Å². The topological polar surface area (TPSA) is 110 Å². The number of hydrogen-bond donors (Lipinski definition) is 0. The van der Waals surface area contributed by atoms with Gasteiger partial charge in [0.15, 0.2) is 0 Å². The Morgan fingerprint density at radius 3 is 2.16 bits per heavy atom. The second-order valence-corrected chi connectivity index (χ2v) is 20.3. The molecule has 0 N–H and O–H groups in total. The van der Waals surface area contributed by atoms with Crippen molar-refractivity contribution in [1.29, 1.82) is 0 Å². The van der Waals surface area contributed by atoms with E-state index in [4.69, 9.17) is 23.7 Å². The first kappa shape index (κ1) is 55.6. The number of amides is 3. The zero-order valence-corrected chi connectivity index (χ0v) is 42.3. The van der Waals surface area contributed by atoms with E-state index in [1.807, 2.05) is 42.5 Å². The molecule has 3 amide bonds. The SMILES string of the molecule is COCOC(CCCCN(C)C(=O)CO[C@H]1Cc2ccccc2C12CCN(CC[C@@]1(c3ccc(F)cc3)CN(C(=O)c3cc(C(F)(F)F)cc(C(F)(F)F)c3)CO1)CC2)C1CCN(C(=O)OCc2ccccc2)CC1. The molecule has 1 spiro atoms. The molecule has 3 atom stereocenters. The average Bonchev–Trinajstić information content (AvgIpc) is 3.99. The number of fused-ring (bicyclic) bond motifs is 2. The number of carbonyl (C=O) groups is 3. The van der Waals surface area contributed by atoms with Crippen LogP contribution < -0.4 is 0 Å². The highest BCUT2D eigenvalue weighted by Crippen LogP contribution is 2.48. The number of halogens is 7. The Balaban J connectivity index is 0.832. The van der Waals surface area contributed by atoms with Crippen LogP contribution in [0.5, 0.6) is 0 Å². The summed E-state index contributed by atoms with van der Waals surface area (Å²) in [5.41, 5.74) is -1.80. The van der Waals surface area contributed by atoms with Crippen LogP contribution in [0.2, 0.25) is 0 Å². The standard InChI is InChI=1S/C56H65F7N4O8/c1-64(24-9-8-14-48(74-38-71-2)40-19-25-66(26-20-40)52(70)73-34-39-10-4-3-5-11-39)50(68)35-72-49-32-41-12-6-7-13-47(41)53(49)21-27-65(28-22-53)29-23-54(43-15-17-46(57)18-16-43)36-67(37-75-54)51(69)42-30-44(55(58,59)60)33-45(31-42)56(61,62)63/h3-7,10-13,15-18,30-31,33,40,48-49H,8-9,14,19-29,32,34-38H2,1-2H3/t48?,49-,54-/m0/s1. The minimum atomic E-state index is -5.14. The van der Waals surface area contributed by atoms with E-state index < -0.39 is 53.1 Å². The molecule has 4 aromatic rings. The molecule has 0 saturated carbocycles. The first-order chi connectivity index (χ1) is 35.9. The summed E-state index contributed by atoms with van der Waals surface area (Å²) in [5, 5.41) is 0. The molecule has 406 valence electrons. The number of methoxy groups -OCH3 is 1. The van der Waals surface area contributed by atoms with E-state index in [1.165, 1.54) is 29.8 Å². The predicted molar refractivity (Wildman–Crippen MR) is 263 cm³/mol. The predicted octanol–water partition coefficient (Wildman–Crippen LogP) is 10.2. The van der Waals surface area contributed by atoms with Crippen LogP contribution in [0.1, 0.15) is 95.1 Å². The van der Waals surface area contributed by atoms with Crippen LogP contribution in [-0.2, 0) is 64.9 Å². The Bertz CT molecular complexity index is 2520. The molecular formula is C56H65F7N4O8. The molecule has 0 aromatic heterocycles. The molecule has 3 heterocycles. The fraction of sp³-hybridized carbons (Fsp3) is 0.518. The van der Waals surface area contributed by atoms with E-state index in [9.17, 15) is 45.1 Å². The summed E-state index contributed by atoms with van der Waals surface area (Å²) >= 11 is 0. The van der Waals surface area contributed by atoms with Crippen LogP contribution in [0.25, 0.3) is 0 Å². The van der Waals surface area contributed by atoms with E-state index in [-0.39, 0.29) is 74.6 Å². The number of nitrogens with zero attached hydrogens (tertiary/aromatic N) is 4. The van der Waals surface area contributed by atoms with Gasteiger partial charge in [0, 0.05) is 51.3 Å². The summed E-state index contributed by atoms with van der Waals surface area (Å²) in [6.07, 6.45) is -4.66. The monoisotopic (exact) mass is 1050 g/mol. The van der Waals surface area contributed by atoms with Gasteiger partial charge in [0.05, 0.1) is 29.9 Å².